The maximum Gasteiger partial charge on any atom is 0.146 e. The number of nitrogen functional groups attached to an aromatic ring is 1. The van der Waals surface area contributed by atoms with Crippen LogP contribution in [0.25, 0.3) is 10.9 Å². The smallest absolute Gasteiger partial charge is 0.146 e. The van der Waals surface area contributed by atoms with Crippen molar-refractivity contribution >= 4 is 28.3 Å². The van der Waals surface area contributed by atoms with Crippen LogP contribution in [0.3, 0.4) is 0 Å². The van der Waals surface area contributed by atoms with Gasteiger partial charge in [-0.15, -0.1) is 0 Å². The number of anilines is 1. The van der Waals surface area contributed by atoms with E-state index in [1.165, 1.54) is 0 Å². The number of hydrogen-bond donors (Lipinski definition) is 1. The Morgan fingerprint density at radius 3 is 2.77 bits per heavy atom. The molecule has 1 unspecified atom stereocenters. The van der Waals surface area contributed by atoms with Crippen molar-refractivity contribution in [2.24, 2.45) is 0 Å². The average Bonchev–Trinajstić information content (AvgIpc) is 2.61. The van der Waals surface area contributed by atoms with Crippen molar-refractivity contribution in [2.75, 3.05) is 12.3 Å². The molecular weight excluding hydrogens is 348 g/mol. The third kappa shape index (κ3) is 4.58. The SMILES string of the molecule is Cc1ccc(OCCCC(C)Oc2cccc3ccc(N)nc23)c(Cl)c1. The van der Waals surface area contributed by atoms with E-state index in [0.29, 0.717) is 17.4 Å². The number of rotatable bonds is 7. The molecule has 136 valence electrons. The first-order valence-electron chi connectivity index (χ1n) is 8.74. The first-order valence-corrected chi connectivity index (χ1v) is 9.11. The Bertz CT molecular complexity index is 898. The van der Waals surface area contributed by atoms with Crippen LogP contribution < -0.4 is 15.2 Å². The van der Waals surface area contributed by atoms with E-state index in [1.54, 1.807) is 6.07 Å². The summed E-state index contributed by atoms with van der Waals surface area (Å²) < 4.78 is 11.8. The third-order valence-corrected chi connectivity index (χ3v) is 4.43. The van der Waals surface area contributed by atoms with Crippen LogP contribution in [-0.4, -0.2) is 17.7 Å². The van der Waals surface area contributed by atoms with Crippen molar-refractivity contribution in [2.45, 2.75) is 32.8 Å². The van der Waals surface area contributed by atoms with Gasteiger partial charge >= 0.3 is 0 Å². The van der Waals surface area contributed by atoms with Gasteiger partial charge < -0.3 is 15.2 Å². The van der Waals surface area contributed by atoms with Crippen LogP contribution in [0.2, 0.25) is 5.02 Å². The van der Waals surface area contributed by atoms with Crippen LogP contribution in [-0.2, 0) is 0 Å². The summed E-state index contributed by atoms with van der Waals surface area (Å²) in [6.07, 6.45) is 1.77. The maximum atomic E-state index is 6.18. The summed E-state index contributed by atoms with van der Waals surface area (Å²) in [7, 11) is 0. The quantitative estimate of drug-likeness (QED) is 0.565. The summed E-state index contributed by atoms with van der Waals surface area (Å²) in [5, 5.41) is 1.66. The van der Waals surface area contributed by atoms with Crippen LogP contribution >= 0.6 is 11.6 Å². The minimum atomic E-state index is 0.0425. The van der Waals surface area contributed by atoms with Crippen LogP contribution in [0.4, 0.5) is 5.82 Å². The third-order valence-electron chi connectivity index (χ3n) is 4.13. The summed E-state index contributed by atoms with van der Waals surface area (Å²) in [5.74, 6) is 1.97. The molecule has 2 N–H and O–H groups in total. The molecule has 1 atom stereocenters. The number of nitrogens with two attached hydrogens (primary N) is 1. The highest BCUT2D eigenvalue weighted by Gasteiger charge is 2.09. The Kier molecular flexibility index (Phi) is 5.84. The molecule has 0 aliphatic carbocycles. The molecule has 0 radical (unpaired) electrons. The molecule has 1 aromatic heterocycles. The van der Waals surface area contributed by atoms with Crippen molar-refractivity contribution in [3.63, 3.8) is 0 Å². The zero-order valence-electron chi connectivity index (χ0n) is 15.0. The van der Waals surface area contributed by atoms with Gasteiger partial charge in [0, 0.05) is 5.39 Å². The maximum absolute atomic E-state index is 6.18. The van der Waals surface area contributed by atoms with Gasteiger partial charge in [-0.1, -0.05) is 29.8 Å². The van der Waals surface area contributed by atoms with E-state index in [1.807, 2.05) is 56.3 Å². The summed E-state index contributed by atoms with van der Waals surface area (Å²) in [6.45, 7) is 4.64. The molecule has 0 spiro atoms. The molecule has 0 bridgehead atoms. The Morgan fingerprint density at radius 1 is 1.12 bits per heavy atom. The number of fused-ring (bicyclic) bond motifs is 1. The summed E-state index contributed by atoms with van der Waals surface area (Å²) in [4.78, 5) is 4.39. The number of halogens is 1. The van der Waals surface area contributed by atoms with Gasteiger partial charge in [-0.05, 0) is 62.6 Å². The largest absolute Gasteiger partial charge is 0.492 e. The van der Waals surface area contributed by atoms with Crippen LogP contribution in [0.5, 0.6) is 11.5 Å². The lowest BCUT2D eigenvalue weighted by Gasteiger charge is -2.16. The minimum Gasteiger partial charge on any atom is -0.492 e. The molecule has 4 nitrogen and oxygen atoms in total. The van der Waals surface area contributed by atoms with Crippen LogP contribution in [0.1, 0.15) is 25.3 Å². The molecular formula is C21H23ClN2O2. The first-order chi connectivity index (χ1) is 12.5. The molecule has 0 saturated carbocycles. The minimum absolute atomic E-state index is 0.0425. The number of para-hydroxylation sites is 1. The molecule has 0 saturated heterocycles. The average molecular weight is 371 g/mol. The van der Waals surface area contributed by atoms with E-state index < -0.39 is 0 Å². The highest BCUT2D eigenvalue weighted by atomic mass is 35.5. The predicted octanol–water partition coefficient (Wildman–Crippen LogP) is 5.41. The fraction of sp³-hybridized carbons (Fsp3) is 0.286. The van der Waals surface area contributed by atoms with Crippen molar-refractivity contribution in [1.82, 2.24) is 4.98 Å². The lowest BCUT2D eigenvalue weighted by Crippen LogP contribution is -2.13. The summed E-state index contributed by atoms with van der Waals surface area (Å²) >= 11 is 6.18. The number of nitrogens with zero attached hydrogens (tertiary/aromatic N) is 1. The zero-order valence-corrected chi connectivity index (χ0v) is 15.8. The normalized spacial score (nSPS) is 12.1. The Labute approximate surface area is 158 Å². The van der Waals surface area contributed by atoms with Crippen molar-refractivity contribution in [3.05, 3.63) is 59.1 Å². The molecule has 1 heterocycles. The number of benzene rings is 2. The van der Waals surface area contributed by atoms with E-state index in [0.717, 1.165) is 40.8 Å². The van der Waals surface area contributed by atoms with E-state index in [9.17, 15) is 0 Å². The molecule has 0 aliphatic heterocycles. The van der Waals surface area contributed by atoms with Gasteiger partial charge in [-0.3, -0.25) is 0 Å². The monoisotopic (exact) mass is 370 g/mol. The van der Waals surface area contributed by atoms with E-state index >= 15 is 0 Å². The number of aromatic nitrogens is 1. The number of aryl methyl sites for hydroxylation is 1. The molecule has 0 fully saturated rings. The number of ether oxygens (including phenoxy) is 2. The number of hydrogen-bond acceptors (Lipinski definition) is 4. The summed E-state index contributed by atoms with van der Waals surface area (Å²) in [5.41, 5.74) is 7.72. The second-order valence-corrected chi connectivity index (χ2v) is 6.82. The molecule has 3 rings (SSSR count). The lowest BCUT2D eigenvalue weighted by atomic mass is 10.2. The molecule has 0 amide bonds. The van der Waals surface area contributed by atoms with Crippen molar-refractivity contribution < 1.29 is 9.47 Å². The van der Waals surface area contributed by atoms with Gasteiger partial charge in [0.1, 0.15) is 22.8 Å². The van der Waals surface area contributed by atoms with Gasteiger partial charge in [0.15, 0.2) is 0 Å². The first kappa shape index (κ1) is 18.3. The van der Waals surface area contributed by atoms with E-state index in [4.69, 9.17) is 26.8 Å². The second kappa shape index (κ2) is 8.28. The van der Waals surface area contributed by atoms with Crippen LogP contribution in [0.15, 0.2) is 48.5 Å². The van der Waals surface area contributed by atoms with Gasteiger partial charge in [0.25, 0.3) is 0 Å². The van der Waals surface area contributed by atoms with Crippen molar-refractivity contribution in [1.29, 1.82) is 0 Å². The lowest BCUT2D eigenvalue weighted by molar-refractivity contribution is 0.195. The Morgan fingerprint density at radius 2 is 1.96 bits per heavy atom. The fourth-order valence-corrected chi connectivity index (χ4v) is 3.07. The topological polar surface area (TPSA) is 57.4 Å². The van der Waals surface area contributed by atoms with Gasteiger partial charge in [0.2, 0.25) is 0 Å². The highest BCUT2D eigenvalue weighted by Crippen LogP contribution is 2.27. The zero-order chi connectivity index (χ0) is 18.5. The van der Waals surface area contributed by atoms with Gasteiger partial charge in [-0.2, -0.15) is 0 Å². The van der Waals surface area contributed by atoms with Crippen LogP contribution in [0, 0.1) is 6.92 Å². The summed E-state index contributed by atoms with van der Waals surface area (Å²) in [6, 6.07) is 15.4. The molecule has 0 aliphatic rings. The van der Waals surface area contributed by atoms with Gasteiger partial charge in [0.05, 0.1) is 17.7 Å². The molecule has 26 heavy (non-hydrogen) atoms. The standard InChI is InChI=1S/C21H23ClN2O2/c1-14-8-10-18(17(22)13-14)25-12-4-5-15(2)26-19-7-3-6-16-9-11-20(23)24-21(16)19/h3,6-11,13,15H,4-5,12H2,1-2H3,(H2,23,24). The Hall–Kier alpha value is -2.46. The fourth-order valence-electron chi connectivity index (χ4n) is 2.78. The predicted molar refractivity (Wildman–Crippen MR) is 107 cm³/mol. The van der Waals surface area contributed by atoms with E-state index in [-0.39, 0.29) is 6.10 Å². The van der Waals surface area contributed by atoms with E-state index in [2.05, 4.69) is 4.98 Å². The molecule has 3 aromatic rings. The highest BCUT2D eigenvalue weighted by molar-refractivity contribution is 6.32. The molecule has 2 aromatic carbocycles. The van der Waals surface area contributed by atoms with Crippen molar-refractivity contribution in [3.8, 4) is 11.5 Å². The number of pyridine rings is 1. The Balaban J connectivity index is 1.53. The van der Waals surface area contributed by atoms with Gasteiger partial charge in [-0.25, -0.2) is 4.98 Å². The molecule has 5 heteroatoms. The second-order valence-electron chi connectivity index (χ2n) is 6.42.